The first-order chi connectivity index (χ1) is 10.7. The number of aryl methyl sites for hydroxylation is 1. The number of anilines is 1. The molecule has 0 aliphatic carbocycles. The number of amides is 1. The van der Waals surface area contributed by atoms with Gasteiger partial charge < -0.3 is 16.0 Å². The topological polar surface area (TPSA) is 112 Å². The van der Waals surface area contributed by atoms with Gasteiger partial charge in [0.15, 0.2) is 5.69 Å². The molecule has 0 aliphatic heterocycles. The Balaban J connectivity index is 1.88. The normalized spacial score (nSPS) is 10.6. The zero-order valence-electron chi connectivity index (χ0n) is 12.1. The molecule has 1 aromatic carbocycles. The Morgan fingerprint density at radius 3 is 2.86 bits per heavy atom. The first-order valence-corrected chi connectivity index (χ1v) is 6.84. The van der Waals surface area contributed by atoms with Gasteiger partial charge in [0.05, 0.1) is 5.69 Å². The van der Waals surface area contributed by atoms with Gasteiger partial charge in [0.2, 0.25) is 0 Å². The average Bonchev–Trinajstić information content (AvgIpc) is 3.16. The summed E-state index contributed by atoms with van der Waals surface area (Å²) in [5.74, 6) is 0.407. The van der Waals surface area contributed by atoms with Gasteiger partial charge in [-0.15, -0.1) is 0 Å². The van der Waals surface area contributed by atoms with Crippen LogP contribution in [0.25, 0.3) is 11.4 Å². The van der Waals surface area contributed by atoms with Gasteiger partial charge in [0.1, 0.15) is 5.82 Å². The summed E-state index contributed by atoms with van der Waals surface area (Å²) in [6.07, 6.45) is 1.75. The highest BCUT2D eigenvalue weighted by atomic mass is 16.1. The quantitative estimate of drug-likeness (QED) is 0.588. The van der Waals surface area contributed by atoms with Crippen molar-refractivity contribution in [2.75, 3.05) is 5.32 Å². The highest BCUT2D eigenvalue weighted by Crippen LogP contribution is 2.25. The lowest BCUT2D eigenvalue weighted by Crippen LogP contribution is -2.13. The molecule has 2 aromatic heterocycles. The van der Waals surface area contributed by atoms with Gasteiger partial charge in [-0.2, -0.15) is 5.10 Å². The molecule has 0 unspecified atom stereocenters. The number of H-pyrrole nitrogens is 2. The predicted molar refractivity (Wildman–Crippen MR) is 83.2 cm³/mol. The van der Waals surface area contributed by atoms with E-state index in [0.717, 1.165) is 11.3 Å². The van der Waals surface area contributed by atoms with E-state index in [1.54, 1.807) is 12.3 Å². The van der Waals surface area contributed by atoms with Crippen molar-refractivity contribution in [2.24, 2.45) is 5.73 Å². The van der Waals surface area contributed by atoms with Crippen molar-refractivity contribution in [3.63, 3.8) is 0 Å². The molecule has 0 atom stereocenters. The Morgan fingerprint density at radius 1 is 1.36 bits per heavy atom. The molecule has 5 N–H and O–H groups in total. The summed E-state index contributed by atoms with van der Waals surface area (Å²) < 4.78 is 0. The Hall–Kier alpha value is -2.93. The van der Waals surface area contributed by atoms with Crippen LogP contribution in [0.15, 0.2) is 36.5 Å². The summed E-state index contributed by atoms with van der Waals surface area (Å²) in [4.78, 5) is 19.7. The number of aromatic nitrogens is 4. The summed E-state index contributed by atoms with van der Waals surface area (Å²) >= 11 is 0. The molecule has 7 nitrogen and oxygen atoms in total. The number of carbonyl (C=O) groups excluding carboxylic acids is 1. The Labute approximate surface area is 127 Å². The van der Waals surface area contributed by atoms with Crippen LogP contribution in [0.2, 0.25) is 0 Å². The molecule has 3 aromatic rings. The number of imidazole rings is 1. The second-order valence-electron chi connectivity index (χ2n) is 4.90. The number of nitrogens with zero attached hydrogens (tertiary/aromatic N) is 2. The molecule has 0 aliphatic rings. The average molecular weight is 296 g/mol. The van der Waals surface area contributed by atoms with Crippen LogP contribution >= 0.6 is 0 Å². The van der Waals surface area contributed by atoms with Crippen molar-refractivity contribution in [3.8, 4) is 11.4 Å². The molecular formula is C15H16N6O. The molecule has 112 valence electrons. The van der Waals surface area contributed by atoms with E-state index in [1.807, 2.05) is 31.2 Å². The lowest BCUT2D eigenvalue weighted by atomic mass is 10.1. The largest absolute Gasteiger partial charge is 0.342 e. The predicted octanol–water partition coefficient (Wildman–Crippen LogP) is 1.82. The number of nitrogens with two attached hydrogens (primary N) is 1. The Bertz CT molecular complexity index is 804. The molecule has 0 radical (unpaired) electrons. The third kappa shape index (κ3) is 2.75. The third-order valence-corrected chi connectivity index (χ3v) is 3.22. The van der Waals surface area contributed by atoms with E-state index in [9.17, 15) is 4.79 Å². The van der Waals surface area contributed by atoms with Gasteiger partial charge in [-0.3, -0.25) is 9.89 Å². The molecule has 0 fully saturated rings. The second-order valence-corrected chi connectivity index (χ2v) is 4.90. The highest BCUT2D eigenvalue weighted by molar-refractivity contribution is 6.04. The van der Waals surface area contributed by atoms with Crippen LogP contribution in [0.3, 0.4) is 0 Å². The molecule has 2 heterocycles. The lowest BCUT2D eigenvalue weighted by molar-refractivity contribution is 0.102. The smallest absolute Gasteiger partial charge is 0.276 e. The fourth-order valence-corrected chi connectivity index (χ4v) is 2.12. The van der Waals surface area contributed by atoms with Crippen molar-refractivity contribution < 1.29 is 4.79 Å². The summed E-state index contributed by atoms with van der Waals surface area (Å²) in [7, 11) is 0. The van der Waals surface area contributed by atoms with Gasteiger partial charge in [0, 0.05) is 29.7 Å². The number of hydrogen-bond acceptors (Lipinski definition) is 4. The van der Waals surface area contributed by atoms with E-state index in [-0.39, 0.29) is 5.91 Å². The lowest BCUT2D eigenvalue weighted by Gasteiger charge is -2.08. The first kappa shape index (κ1) is 14.0. The fourth-order valence-electron chi connectivity index (χ4n) is 2.12. The number of aromatic amines is 2. The second kappa shape index (κ2) is 5.82. The van der Waals surface area contributed by atoms with Crippen molar-refractivity contribution in [1.29, 1.82) is 0 Å². The molecule has 0 bridgehead atoms. The van der Waals surface area contributed by atoms with Crippen LogP contribution in [0.4, 0.5) is 5.69 Å². The van der Waals surface area contributed by atoms with E-state index < -0.39 is 0 Å². The van der Waals surface area contributed by atoms with E-state index in [0.29, 0.717) is 29.4 Å². The van der Waals surface area contributed by atoms with Crippen molar-refractivity contribution in [3.05, 3.63) is 53.6 Å². The van der Waals surface area contributed by atoms with Crippen LogP contribution in [0.5, 0.6) is 0 Å². The molecule has 1 amide bonds. The molecule has 3 rings (SSSR count). The van der Waals surface area contributed by atoms with Crippen LogP contribution in [0, 0.1) is 6.92 Å². The minimum atomic E-state index is -0.299. The highest BCUT2D eigenvalue weighted by Gasteiger charge is 2.14. The summed E-state index contributed by atoms with van der Waals surface area (Å²) in [5, 5.41) is 9.52. The Kier molecular flexibility index (Phi) is 3.71. The van der Waals surface area contributed by atoms with Crippen molar-refractivity contribution in [2.45, 2.75) is 13.5 Å². The van der Waals surface area contributed by atoms with Crippen LogP contribution in [-0.4, -0.2) is 26.1 Å². The van der Waals surface area contributed by atoms with Gasteiger partial charge in [-0.1, -0.05) is 12.1 Å². The Morgan fingerprint density at radius 2 is 2.18 bits per heavy atom. The monoisotopic (exact) mass is 296 g/mol. The number of carbonyl (C=O) groups is 1. The SMILES string of the molecule is Cc1cnc(-c2ccccc2NC(=O)c2cc(CN)[nH]n2)[nH]1. The van der Waals surface area contributed by atoms with Crippen molar-refractivity contribution >= 4 is 11.6 Å². The van der Waals surface area contributed by atoms with Gasteiger partial charge >= 0.3 is 0 Å². The van der Waals surface area contributed by atoms with E-state index in [4.69, 9.17) is 5.73 Å². The number of rotatable bonds is 4. The number of benzene rings is 1. The first-order valence-electron chi connectivity index (χ1n) is 6.84. The standard InChI is InChI=1S/C15H16N6O/c1-9-8-17-14(18-9)11-4-2-3-5-12(11)19-15(22)13-6-10(7-16)20-21-13/h2-6,8H,7,16H2,1H3,(H,17,18)(H,19,22)(H,20,21). The number of nitrogens with one attached hydrogen (secondary N) is 3. The molecular weight excluding hydrogens is 280 g/mol. The van der Waals surface area contributed by atoms with Gasteiger partial charge in [-0.05, 0) is 25.1 Å². The van der Waals surface area contributed by atoms with Gasteiger partial charge in [0.25, 0.3) is 5.91 Å². The number of hydrogen-bond donors (Lipinski definition) is 4. The van der Waals surface area contributed by atoms with Crippen LogP contribution < -0.4 is 11.1 Å². The third-order valence-electron chi connectivity index (χ3n) is 3.22. The van der Waals surface area contributed by atoms with E-state index in [1.165, 1.54) is 0 Å². The van der Waals surface area contributed by atoms with Crippen molar-refractivity contribution in [1.82, 2.24) is 20.2 Å². The molecule has 0 saturated heterocycles. The minimum absolute atomic E-state index is 0.297. The maximum absolute atomic E-state index is 12.3. The zero-order valence-corrected chi connectivity index (χ0v) is 12.1. The zero-order chi connectivity index (χ0) is 15.5. The van der Waals surface area contributed by atoms with Gasteiger partial charge in [-0.25, -0.2) is 4.98 Å². The van der Waals surface area contributed by atoms with E-state index >= 15 is 0 Å². The van der Waals surface area contributed by atoms with Crippen LogP contribution in [-0.2, 0) is 6.54 Å². The maximum atomic E-state index is 12.3. The summed E-state index contributed by atoms with van der Waals surface area (Å²) in [6.45, 7) is 2.23. The van der Waals surface area contributed by atoms with Crippen LogP contribution in [0.1, 0.15) is 21.9 Å². The summed E-state index contributed by atoms with van der Waals surface area (Å²) in [6, 6.07) is 9.09. The fraction of sp³-hybridized carbons (Fsp3) is 0.133. The minimum Gasteiger partial charge on any atom is -0.342 e. The molecule has 0 spiro atoms. The van der Waals surface area contributed by atoms with E-state index in [2.05, 4.69) is 25.5 Å². The number of para-hydroxylation sites is 1. The molecule has 0 saturated carbocycles. The molecule has 7 heteroatoms. The molecule has 22 heavy (non-hydrogen) atoms. The summed E-state index contributed by atoms with van der Waals surface area (Å²) in [5.41, 5.74) is 8.95. The maximum Gasteiger partial charge on any atom is 0.276 e.